The van der Waals surface area contributed by atoms with Crippen molar-refractivity contribution in [1.82, 2.24) is 9.80 Å². The second-order valence-electron chi connectivity index (χ2n) is 8.11. The summed E-state index contributed by atoms with van der Waals surface area (Å²) in [6.45, 7) is 8.84. The Morgan fingerprint density at radius 2 is 1.84 bits per heavy atom. The quantitative estimate of drug-likeness (QED) is 0.584. The van der Waals surface area contributed by atoms with Gasteiger partial charge in [0.25, 0.3) is 0 Å². The van der Waals surface area contributed by atoms with Gasteiger partial charge in [0.15, 0.2) is 5.78 Å². The van der Waals surface area contributed by atoms with E-state index in [9.17, 15) is 14.0 Å². The first-order chi connectivity index (χ1) is 15.3. The van der Waals surface area contributed by atoms with E-state index in [-0.39, 0.29) is 17.7 Å². The molecule has 1 atom stereocenters. The molecule has 172 valence electrons. The lowest BCUT2D eigenvalue weighted by Gasteiger charge is -2.37. The molecule has 3 rings (SSSR count). The van der Waals surface area contributed by atoms with Crippen LogP contribution in [0, 0.1) is 5.82 Å². The molecule has 1 amide bonds. The molecule has 0 aromatic heterocycles. The third-order valence-corrected chi connectivity index (χ3v) is 6.20. The Bertz CT molecular complexity index is 957. The number of nitrogens with zero attached hydrogens (tertiary/aromatic N) is 3. The molecule has 1 unspecified atom stereocenters. The predicted octanol–water partition coefficient (Wildman–Crippen LogP) is 3.77. The van der Waals surface area contributed by atoms with Crippen LogP contribution in [0.15, 0.2) is 42.5 Å². The van der Waals surface area contributed by atoms with E-state index in [4.69, 9.17) is 4.74 Å². The molecule has 0 spiro atoms. The van der Waals surface area contributed by atoms with Crippen LogP contribution in [0.2, 0.25) is 0 Å². The van der Waals surface area contributed by atoms with Crippen LogP contribution in [0.5, 0.6) is 5.75 Å². The van der Waals surface area contributed by atoms with Crippen molar-refractivity contribution in [3.05, 3.63) is 59.4 Å². The number of hydrogen-bond acceptors (Lipinski definition) is 5. The smallest absolute Gasteiger partial charge is 0.236 e. The van der Waals surface area contributed by atoms with Gasteiger partial charge in [0.1, 0.15) is 11.6 Å². The number of rotatable bonds is 8. The molecule has 0 N–H and O–H groups in total. The molecule has 1 heterocycles. The van der Waals surface area contributed by atoms with Crippen molar-refractivity contribution in [3.8, 4) is 5.75 Å². The van der Waals surface area contributed by atoms with Gasteiger partial charge in [0.05, 0.1) is 19.3 Å². The Hall–Kier alpha value is -2.93. The fourth-order valence-electron chi connectivity index (χ4n) is 4.09. The minimum Gasteiger partial charge on any atom is -0.497 e. The van der Waals surface area contributed by atoms with Crippen LogP contribution >= 0.6 is 0 Å². The summed E-state index contributed by atoms with van der Waals surface area (Å²) in [4.78, 5) is 30.4. The Balaban J connectivity index is 1.59. The zero-order valence-electron chi connectivity index (χ0n) is 19.3. The number of likely N-dealkylation sites (N-methyl/N-ethyl adjacent to an activating group) is 1. The highest BCUT2D eigenvalue weighted by molar-refractivity contribution is 5.94. The Morgan fingerprint density at radius 1 is 1.12 bits per heavy atom. The van der Waals surface area contributed by atoms with E-state index in [1.807, 2.05) is 34.1 Å². The number of hydrogen-bond donors (Lipinski definition) is 0. The summed E-state index contributed by atoms with van der Waals surface area (Å²) < 4.78 is 19.8. The number of ketones is 1. The van der Waals surface area contributed by atoms with Crippen LogP contribution in [-0.2, 0) is 4.79 Å². The zero-order chi connectivity index (χ0) is 23.3. The summed E-state index contributed by atoms with van der Waals surface area (Å²) >= 11 is 0. The lowest BCUT2D eigenvalue weighted by atomic mass is 10.1. The molecule has 1 saturated heterocycles. The first-order valence-corrected chi connectivity index (χ1v) is 11.0. The number of Topliss-reactive ketones (excluding diaryl/α,β-unsaturated/α-hetero) is 1. The third kappa shape index (κ3) is 5.46. The SMILES string of the molecule is CCN(CC(=O)N1CCN(c2ccc(C(C)=O)cc2F)CC1)C(C)c1cccc(OC)c1. The van der Waals surface area contributed by atoms with Crippen LogP contribution in [0.4, 0.5) is 10.1 Å². The molecule has 0 aliphatic carbocycles. The number of methoxy groups -OCH3 is 1. The van der Waals surface area contributed by atoms with Crippen LogP contribution < -0.4 is 9.64 Å². The van der Waals surface area contributed by atoms with Crippen molar-refractivity contribution in [2.75, 3.05) is 51.3 Å². The lowest BCUT2D eigenvalue weighted by molar-refractivity contribution is -0.133. The number of halogens is 1. The van der Waals surface area contributed by atoms with Crippen LogP contribution in [0.3, 0.4) is 0 Å². The van der Waals surface area contributed by atoms with Gasteiger partial charge in [0.2, 0.25) is 5.91 Å². The minimum absolute atomic E-state index is 0.0774. The Labute approximate surface area is 189 Å². The second-order valence-corrected chi connectivity index (χ2v) is 8.11. The Morgan fingerprint density at radius 3 is 2.44 bits per heavy atom. The van der Waals surface area contributed by atoms with E-state index in [2.05, 4.69) is 18.7 Å². The summed E-state index contributed by atoms with van der Waals surface area (Å²) in [6, 6.07) is 12.6. The zero-order valence-corrected chi connectivity index (χ0v) is 19.3. The molecule has 2 aromatic carbocycles. The molecule has 1 aliphatic heterocycles. The van der Waals surface area contributed by atoms with Crippen molar-refractivity contribution in [2.45, 2.75) is 26.8 Å². The van der Waals surface area contributed by atoms with Gasteiger partial charge >= 0.3 is 0 Å². The molecule has 0 radical (unpaired) electrons. The molecule has 0 bridgehead atoms. The first kappa shape index (κ1) is 23.7. The number of amides is 1. The molecule has 0 saturated carbocycles. The average Bonchev–Trinajstić information content (AvgIpc) is 2.82. The number of anilines is 1. The van der Waals surface area contributed by atoms with Gasteiger partial charge in [-0.15, -0.1) is 0 Å². The van der Waals surface area contributed by atoms with E-state index < -0.39 is 5.82 Å². The monoisotopic (exact) mass is 441 g/mol. The van der Waals surface area contributed by atoms with E-state index in [1.165, 1.54) is 13.0 Å². The standard InChI is InChI=1S/C25H32FN3O3/c1-5-27(18(2)20-7-6-8-22(15-20)32-4)17-25(31)29-13-11-28(12-14-29)24-10-9-21(19(3)30)16-23(24)26/h6-10,15-16,18H,5,11-14,17H2,1-4H3. The van der Waals surface area contributed by atoms with Gasteiger partial charge in [-0.1, -0.05) is 19.1 Å². The normalized spacial score (nSPS) is 15.1. The number of piperazine rings is 1. The van der Waals surface area contributed by atoms with E-state index >= 15 is 0 Å². The second kappa shape index (κ2) is 10.6. The molecule has 32 heavy (non-hydrogen) atoms. The molecular formula is C25H32FN3O3. The lowest BCUT2D eigenvalue weighted by Crippen LogP contribution is -2.51. The van der Waals surface area contributed by atoms with Crippen molar-refractivity contribution < 1.29 is 18.7 Å². The highest BCUT2D eigenvalue weighted by atomic mass is 19.1. The number of carbonyl (C=O) groups is 2. The third-order valence-electron chi connectivity index (χ3n) is 6.20. The summed E-state index contributed by atoms with van der Waals surface area (Å²) in [7, 11) is 1.65. The van der Waals surface area contributed by atoms with Crippen molar-refractivity contribution in [1.29, 1.82) is 0 Å². The molecule has 6 nitrogen and oxygen atoms in total. The van der Waals surface area contributed by atoms with Crippen molar-refractivity contribution in [3.63, 3.8) is 0 Å². The number of benzene rings is 2. The van der Waals surface area contributed by atoms with Crippen molar-refractivity contribution >= 4 is 17.4 Å². The summed E-state index contributed by atoms with van der Waals surface area (Å²) in [5, 5.41) is 0. The molecule has 1 aliphatic rings. The first-order valence-electron chi connectivity index (χ1n) is 11.0. The molecule has 1 fully saturated rings. The van der Waals surface area contributed by atoms with E-state index in [1.54, 1.807) is 19.2 Å². The Kier molecular flexibility index (Phi) is 7.85. The van der Waals surface area contributed by atoms with Gasteiger partial charge < -0.3 is 14.5 Å². The van der Waals surface area contributed by atoms with Gasteiger partial charge in [-0.25, -0.2) is 4.39 Å². The largest absolute Gasteiger partial charge is 0.497 e. The molecule has 7 heteroatoms. The highest BCUT2D eigenvalue weighted by Crippen LogP contribution is 2.25. The summed E-state index contributed by atoms with van der Waals surface area (Å²) in [5.41, 5.74) is 1.95. The van der Waals surface area contributed by atoms with Gasteiger partial charge in [-0.3, -0.25) is 14.5 Å². The summed E-state index contributed by atoms with van der Waals surface area (Å²) in [5.74, 6) is 0.321. The maximum atomic E-state index is 14.5. The number of carbonyl (C=O) groups excluding carboxylic acids is 2. The topological polar surface area (TPSA) is 53.1 Å². The number of ether oxygens (including phenoxy) is 1. The fraction of sp³-hybridized carbons (Fsp3) is 0.440. The fourth-order valence-corrected chi connectivity index (χ4v) is 4.09. The van der Waals surface area contributed by atoms with Gasteiger partial charge in [-0.2, -0.15) is 0 Å². The minimum atomic E-state index is -0.401. The van der Waals surface area contributed by atoms with Crippen LogP contribution in [0.1, 0.15) is 42.7 Å². The average molecular weight is 442 g/mol. The maximum absolute atomic E-state index is 14.5. The van der Waals surface area contributed by atoms with Gasteiger partial charge in [0, 0.05) is 37.8 Å². The predicted molar refractivity (Wildman–Crippen MR) is 124 cm³/mol. The van der Waals surface area contributed by atoms with Crippen LogP contribution in [-0.4, -0.2) is 67.9 Å². The highest BCUT2D eigenvalue weighted by Gasteiger charge is 2.26. The van der Waals surface area contributed by atoms with Crippen molar-refractivity contribution in [2.24, 2.45) is 0 Å². The van der Waals surface area contributed by atoms with E-state index in [0.717, 1.165) is 17.9 Å². The van der Waals surface area contributed by atoms with Crippen LogP contribution in [0.25, 0.3) is 0 Å². The summed E-state index contributed by atoms with van der Waals surface area (Å²) in [6.07, 6.45) is 0. The van der Waals surface area contributed by atoms with E-state index in [0.29, 0.717) is 44.0 Å². The maximum Gasteiger partial charge on any atom is 0.236 e. The molecule has 2 aromatic rings. The molecular weight excluding hydrogens is 409 g/mol. The van der Waals surface area contributed by atoms with Gasteiger partial charge in [-0.05, 0) is 56.3 Å².